The van der Waals surface area contributed by atoms with Crippen LogP contribution in [0.1, 0.15) is 23.0 Å². The lowest BCUT2D eigenvalue weighted by molar-refractivity contribution is -0.118. The van der Waals surface area contributed by atoms with Gasteiger partial charge in [0.25, 0.3) is 0 Å². The van der Waals surface area contributed by atoms with E-state index in [1.54, 1.807) is 19.9 Å². The Balaban J connectivity index is 3.05. The fraction of sp³-hybridized carbons (Fsp3) is 0.300. The number of rotatable bonds is 4. The molecule has 6 heteroatoms. The van der Waals surface area contributed by atoms with Gasteiger partial charge in [0.2, 0.25) is 5.91 Å². The third-order valence-corrected chi connectivity index (χ3v) is 2.07. The van der Waals surface area contributed by atoms with Crippen LogP contribution in [0.2, 0.25) is 0 Å². The molecule has 0 bridgehead atoms. The summed E-state index contributed by atoms with van der Waals surface area (Å²) in [4.78, 5) is 25.6. The van der Waals surface area contributed by atoms with Crippen molar-refractivity contribution in [2.24, 2.45) is 5.73 Å². The summed E-state index contributed by atoms with van der Waals surface area (Å²) in [5, 5.41) is 11.6. The van der Waals surface area contributed by atoms with E-state index in [-0.39, 0.29) is 5.56 Å². The third-order valence-electron chi connectivity index (χ3n) is 2.07. The number of carbonyl (C=O) groups excluding carboxylic acids is 1. The second-order valence-electron chi connectivity index (χ2n) is 3.44. The Morgan fingerprint density at radius 2 is 2.19 bits per heavy atom. The maximum Gasteiger partial charge on any atom is 0.339 e. The number of hydrogen-bond donors (Lipinski definition) is 3. The maximum atomic E-state index is 10.9. The van der Waals surface area contributed by atoms with Gasteiger partial charge in [0.15, 0.2) is 0 Å². The Labute approximate surface area is 92.5 Å². The second-order valence-corrected chi connectivity index (χ2v) is 3.44. The predicted octanol–water partition coefficient (Wildman–Crippen LogP) is 0.374. The first kappa shape index (κ1) is 12.0. The van der Waals surface area contributed by atoms with Gasteiger partial charge in [0.05, 0.1) is 5.69 Å². The first-order chi connectivity index (χ1) is 7.41. The highest BCUT2D eigenvalue weighted by Crippen LogP contribution is 2.16. The molecule has 0 spiro atoms. The van der Waals surface area contributed by atoms with Crippen LogP contribution in [0.4, 0.5) is 5.69 Å². The van der Waals surface area contributed by atoms with Crippen LogP contribution in [0.5, 0.6) is 0 Å². The Kier molecular flexibility index (Phi) is 3.44. The average Bonchev–Trinajstić information content (AvgIpc) is 2.16. The summed E-state index contributed by atoms with van der Waals surface area (Å²) in [6.07, 6.45) is 1.24. The van der Waals surface area contributed by atoms with Crippen LogP contribution < -0.4 is 11.1 Å². The Hall–Kier alpha value is -2.11. The Morgan fingerprint density at radius 1 is 1.56 bits per heavy atom. The van der Waals surface area contributed by atoms with E-state index < -0.39 is 17.9 Å². The number of nitrogens with two attached hydrogens (primary N) is 1. The van der Waals surface area contributed by atoms with Crippen LogP contribution in [0.3, 0.4) is 0 Å². The molecule has 0 saturated carbocycles. The zero-order valence-electron chi connectivity index (χ0n) is 9.02. The number of aryl methyl sites for hydroxylation is 1. The standard InChI is InChI=1S/C10H13N3O3/c1-5-3-8(13-6(2)9(11)14)7(4-12-5)10(15)16/h3-4,6H,1-2H3,(H2,11,14)(H,12,13)(H,15,16). The summed E-state index contributed by atoms with van der Waals surface area (Å²) in [5.74, 6) is -1.66. The summed E-state index contributed by atoms with van der Waals surface area (Å²) in [5.41, 5.74) is 6.09. The number of carbonyl (C=O) groups is 2. The van der Waals surface area contributed by atoms with Gasteiger partial charge in [0.1, 0.15) is 11.6 Å². The van der Waals surface area contributed by atoms with Crippen molar-refractivity contribution in [2.75, 3.05) is 5.32 Å². The van der Waals surface area contributed by atoms with E-state index in [4.69, 9.17) is 10.8 Å². The quantitative estimate of drug-likeness (QED) is 0.684. The first-order valence-electron chi connectivity index (χ1n) is 4.67. The molecule has 0 aliphatic heterocycles. The first-order valence-corrected chi connectivity index (χ1v) is 4.67. The van der Waals surface area contributed by atoms with Gasteiger partial charge in [-0.25, -0.2) is 4.79 Å². The molecule has 6 nitrogen and oxygen atoms in total. The molecule has 0 aliphatic carbocycles. The smallest absolute Gasteiger partial charge is 0.339 e. The molecule has 0 aromatic carbocycles. The summed E-state index contributed by atoms with van der Waals surface area (Å²) in [6, 6.07) is 0.919. The highest BCUT2D eigenvalue weighted by molar-refractivity contribution is 5.95. The van der Waals surface area contributed by atoms with E-state index in [1.807, 2.05) is 0 Å². The monoisotopic (exact) mass is 223 g/mol. The molecule has 1 heterocycles. The van der Waals surface area contributed by atoms with Crippen LogP contribution >= 0.6 is 0 Å². The van der Waals surface area contributed by atoms with E-state index in [9.17, 15) is 9.59 Å². The van der Waals surface area contributed by atoms with Gasteiger partial charge < -0.3 is 16.2 Å². The van der Waals surface area contributed by atoms with Crippen LogP contribution in [-0.2, 0) is 4.79 Å². The second kappa shape index (κ2) is 4.61. The highest BCUT2D eigenvalue weighted by atomic mass is 16.4. The summed E-state index contributed by atoms with van der Waals surface area (Å²) in [7, 11) is 0. The van der Waals surface area contributed by atoms with E-state index in [1.165, 1.54) is 6.20 Å². The average molecular weight is 223 g/mol. The van der Waals surface area contributed by atoms with Gasteiger partial charge in [-0.05, 0) is 19.9 Å². The number of nitrogens with one attached hydrogen (secondary N) is 1. The van der Waals surface area contributed by atoms with Crippen LogP contribution in [0, 0.1) is 6.92 Å². The van der Waals surface area contributed by atoms with Crippen molar-refractivity contribution in [3.63, 3.8) is 0 Å². The van der Waals surface area contributed by atoms with E-state index in [0.717, 1.165) is 0 Å². The van der Waals surface area contributed by atoms with Crippen molar-refractivity contribution in [1.82, 2.24) is 4.98 Å². The fourth-order valence-corrected chi connectivity index (χ4v) is 1.15. The van der Waals surface area contributed by atoms with E-state index in [2.05, 4.69) is 10.3 Å². The van der Waals surface area contributed by atoms with Crippen molar-refractivity contribution >= 4 is 17.6 Å². The van der Waals surface area contributed by atoms with Gasteiger partial charge in [-0.15, -0.1) is 0 Å². The number of pyridine rings is 1. The molecule has 0 radical (unpaired) electrons. The predicted molar refractivity (Wildman–Crippen MR) is 58.2 cm³/mol. The van der Waals surface area contributed by atoms with Crippen molar-refractivity contribution < 1.29 is 14.7 Å². The number of anilines is 1. The Bertz CT molecular complexity index is 431. The number of aromatic nitrogens is 1. The zero-order chi connectivity index (χ0) is 12.3. The van der Waals surface area contributed by atoms with Crippen LogP contribution in [0.15, 0.2) is 12.3 Å². The molecular formula is C10H13N3O3. The molecule has 1 unspecified atom stereocenters. The Morgan fingerprint density at radius 3 is 2.69 bits per heavy atom. The summed E-state index contributed by atoms with van der Waals surface area (Å²) in [6.45, 7) is 3.29. The number of aromatic carboxylic acids is 1. The molecule has 1 aromatic rings. The lowest BCUT2D eigenvalue weighted by Crippen LogP contribution is -2.33. The summed E-state index contributed by atoms with van der Waals surface area (Å²) >= 11 is 0. The van der Waals surface area contributed by atoms with E-state index in [0.29, 0.717) is 11.4 Å². The van der Waals surface area contributed by atoms with Crippen molar-refractivity contribution in [3.8, 4) is 0 Å². The number of amides is 1. The minimum absolute atomic E-state index is 0.0127. The highest BCUT2D eigenvalue weighted by Gasteiger charge is 2.15. The van der Waals surface area contributed by atoms with Gasteiger partial charge in [-0.2, -0.15) is 0 Å². The maximum absolute atomic E-state index is 10.9. The van der Waals surface area contributed by atoms with Crippen molar-refractivity contribution in [2.45, 2.75) is 19.9 Å². The normalized spacial score (nSPS) is 11.9. The van der Waals surface area contributed by atoms with Gasteiger partial charge in [0, 0.05) is 11.9 Å². The number of carboxylic acid groups (broad SMARTS) is 1. The molecule has 1 amide bonds. The molecule has 86 valence electrons. The number of hydrogen-bond acceptors (Lipinski definition) is 4. The molecule has 16 heavy (non-hydrogen) atoms. The molecule has 1 aromatic heterocycles. The topological polar surface area (TPSA) is 105 Å². The molecule has 0 aliphatic rings. The molecule has 0 fully saturated rings. The van der Waals surface area contributed by atoms with E-state index >= 15 is 0 Å². The lowest BCUT2D eigenvalue weighted by atomic mass is 10.2. The van der Waals surface area contributed by atoms with Crippen molar-refractivity contribution in [3.05, 3.63) is 23.5 Å². The van der Waals surface area contributed by atoms with Crippen LogP contribution in [0.25, 0.3) is 0 Å². The van der Waals surface area contributed by atoms with Crippen LogP contribution in [-0.4, -0.2) is 28.0 Å². The minimum Gasteiger partial charge on any atom is -0.478 e. The SMILES string of the molecule is Cc1cc(NC(C)C(N)=O)c(C(=O)O)cn1. The molecule has 0 saturated heterocycles. The third kappa shape index (κ3) is 2.69. The number of carboxylic acids is 1. The molecule has 1 atom stereocenters. The zero-order valence-corrected chi connectivity index (χ0v) is 9.02. The largest absolute Gasteiger partial charge is 0.478 e. The molecule has 4 N–H and O–H groups in total. The number of primary amides is 1. The molecule has 1 rings (SSSR count). The lowest BCUT2D eigenvalue weighted by Gasteiger charge is -2.13. The fourth-order valence-electron chi connectivity index (χ4n) is 1.15. The van der Waals surface area contributed by atoms with Gasteiger partial charge >= 0.3 is 5.97 Å². The molecular weight excluding hydrogens is 210 g/mol. The summed E-state index contributed by atoms with van der Waals surface area (Å²) < 4.78 is 0. The number of nitrogens with zero attached hydrogens (tertiary/aromatic N) is 1. The minimum atomic E-state index is -1.10. The van der Waals surface area contributed by atoms with Gasteiger partial charge in [-0.3, -0.25) is 9.78 Å². The van der Waals surface area contributed by atoms with Gasteiger partial charge in [-0.1, -0.05) is 0 Å². The van der Waals surface area contributed by atoms with Crippen molar-refractivity contribution in [1.29, 1.82) is 0 Å².